The zero-order valence-electron chi connectivity index (χ0n) is 12.4. The second-order valence-electron chi connectivity index (χ2n) is 5.55. The van der Waals surface area contributed by atoms with Gasteiger partial charge in [0.25, 0.3) is 11.8 Å². The van der Waals surface area contributed by atoms with Crippen molar-refractivity contribution in [3.63, 3.8) is 0 Å². The molecule has 3 rings (SSSR count). The van der Waals surface area contributed by atoms with Gasteiger partial charge in [0, 0.05) is 3.57 Å². The molecule has 1 N–H and O–H groups in total. The number of carbonyl (C=O) groups is 1. The van der Waals surface area contributed by atoms with Gasteiger partial charge in [0.15, 0.2) is 11.6 Å². The molecule has 1 fully saturated rings. The fraction of sp³-hybridized carbons (Fsp3) is 0.188. The summed E-state index contributed by atoms with van der Waals surface area (Å²) in [6.07, 6.45) is 0. The summed E-state index contributed by atoms with van der Waals surface area (Å²) in [5, 5.41) is 2.35. The van der Waals surface area contributed by atoms with Gasteiger partial charge in [-0.25, -0.2) is 22.0 Å². The van der Waals surface area contributed by atoms with Crippen LogP contribution in [0.4, 0.5) is 33.3 Å². The van der Waals surface area contributed by atoms with Crippen molar-refractivity contribution in [2.45, 2.75) is 5.92 Å². The van der Waals surface area contributed by atoms with Crippen LogP contribution in [-0.2, 0) is 0 Å². The minimum atomic E-state index is -3.00. The Hall–Kier alpha value is -1.91. The lowest BCUT2D eigenvalue weighted by molar-refractivity contribution is -0.113. The molecule has 132 valence electrons. The molecule has 9 heteroatoms. The van der Waals surface area contributed by atoms with Gasteiger partial charge in [-0.05, 0) is 52.9 Å². The third-order valence-electron chi connectivity index (χ3n) is 3.65. The lowest BCUT2D eigenvalue weighted by Gasteiger charge is -2.39. The summed E-state index contributed by atoms with van der Waals surface area (Å²) < 4.78 is 68.2. The SMILES string of the molecule is O=C(c1ccc(F)c(F)c1Nc1ccc(I)cc1F)N1CC(F)(F)C1. The highest BCUT2D eigenvalue weighted by Gasteiger charge is 2.46. The van der Waals surface area contributed by atoms with Gasteiger partial charge in [-0.15, -0.1) is 0 Å². The van der Waals surface area contributed by atoms with Crippen molar-refractivity contribution in [2.24, 2.45) is 0 Å². The van der Waals surface area contributed by atoms with E-state index in [4.69, 9.17) is 0 Å². The largest absolute Gasteiger partial charge is 0.350 e. The Labute approximate surface area is 153 Å². The molecule has 1 heterocycles. The van der Waals surface area contributed by atoms with E-state index in [9.17, 15) is 26.7 Å². The topological polar surface area (TPSA) is 32.3 Å². The Balaban J connectivity index is 1.97. The maximum absolute atomic E-state index is 14.2. The summed E-state index contributed by atoms with van der Waals surface area (Å²) >= 11 is 1.87. The van der Waals surface area contributed by atoms with Crippen molar-refractivity contribution in [3.8, 4) is 0 Å². The number of halogens is 6. The van der Waals surface area contributed by atoms with Crippen LogP contribution in [0.5, 0.6) is 0 Å². The van der Waals surface area contributed by atoms with Gasteiger partial charge in [0.2, 0.25) is 0 Å². The predicted molar refractivity (Wildman–Crippen MR) is 89.6 cm³/mol. The maximum Gasteiger partial charge on any atom is 0.282 e. The Bertz CT molecular complexity index is 851. The molecule has 0 bridgehead atoms. The molecule has 1 amide bonds. The van der Waals surface area contributed by atoms with Crippen molar-refractivity contribution in [3.05, 3.63) is 56.9 Å². The standard InChI is InChI=1S/C16H10F5IN2O/c17-10-3-2-9(15(25)24-6-16(20,21)7-24)14(13(10)19)23-12-4-1-8(22)5-11(12)18/h1-5,23H,6-7H2. The van der Waals surface area contributed by atoms with Gasteiger partial charge in [0.05, 0.1) is 30.0 Å². The van der Waals surface area contributed by atoms with E-state index in [2.05, 4.69) is 5.32 Å². The Kier molecular flexibility index (Phi) is 4.60. The molecule has 0 saturated carbocycles. The summed E-state index contributed by atoms with van der Waals surface area (Å²) in [6.45, 7) is -1.61. The molecule has 2 aromatic rings. The van der Waals surface area contributed by atoms with Crippen LogP contribution in [0.15, 0.2) is 30.3 Å². The highest BCUT2D eigenvalue weighted by molar-refractivity contribution is 14.1. The van der Waals surface area contributed by atoms with Gasteiger partial charge in [0.1, 0.15) is 5.82 Å². The Morgan fingerprint density at radius 3 is 2.36 bits per heavy atom. The number of nitrogens with one attached hydrogen (secondary N) is 1. The van der Waals surface area contributed by atoms with E-state index < -0.39 is 48.1 Å². The number of benzene rings is 2. The number of anilines is 2. The second kappa shape index (κ2) is 6.43. The van der Waals surface area contributed by atoms with Gasteiger partial charge in [-0.1, -0.05) is 0 Å². The summed E-state index contributed by atoms with van der Waals surface area (Å²) in [5.41, 5.74) is -1.12. The molecule has 0 atom stereocenters. The normalized spacial score (nSPS) is 15.7. The van der Waals surface area contributed by atoms with E-state index in [1.165, 1.54) is 12.1 Å². The molecule has 2 aromatic carbocycles. The first-order valence-corrected chi connectivity index (χ1v) is 8.13. The predicted octanol–water partition coefficient (Wildman–Crippen LogP) is 4.54. The molecule has 1 aliphatic heterocycles. The first-order chi connectivity index (χ1) is 11.7. The van der Waals surface area contributed by atoms with E-state index in [-0.39, 0.29) is 11.3 Å². The van der Waals surface area contributed by atoms with Gasteiger partial charge in [-0.2, -0.15) is 0 Å². The summed E-state index contributed by atoms with van der Waals surface area (Å²) in [4.78, 5) is 13.1. The molecule has 25 heavy (non-hydrogen) atoms. The quantitative estimate of drug-likeness (QED) is 0.530. The Morgan fingerprint density at radius 2 is 1.76 bits per heavy atom. The van der Waals surface area contributed by atoms with Crippen LogP contribution in [0.1, 0.15) is 10.4 Å². The average molecular weight is 468 g/mol. The monoisotopic (exact) mass is 468 g/mol. The number of amides is 1. The number of rotatable bonds is 3. The lowest BCUT2D eigenvalue weighted by Crippen LogP contribution is -2.58. The molecule has 0 spiro atoms. The number of hydrogen-bond donors (Lipinski definition) is 1. The van der Waals surface area contributed by atoms with E-state index in [1.54, 1.807) is 0 Å². The first-order valence-electron chi connectivity index (χ1n) is 7.05. The van der Waals surface area contributed by atoms with E-state index >= 15 is 0 Å². The molecule has 0 aromatic heterocycles. The number of alkyl halides is 2. The smallest absolute Gasteiger partial charge is 0.282 e. The number of carbonyl (C=O) groups excluding carboxylic acids is 1. The van der Waals surface area contributed by atoms with Crippen LogP contribution in [0.25, 0.3) is 0 Å². The Morgan fingerprint density at radius 1 is 1.08 bits per heavy atom. The van der Waals surface area contributed by atoms with Gasteiger partial charge >= 0.3 is 0 Å². The number of nitrogens with zero attached hydrogens (tertiary/aromatic N) is 1. The highest BCUT2D eigenvalue weighted by atomic mass is 127. The van der Waals surface area contributed by atoms with Crippen molar-refractivity contribution in [1.82, 2.24) is 4.90 Å². The lowest BCUT2D eigenvalue weighted by atomic mass is 10.1. The molecular weight excluding hydrogens is 458 g/mol. The zero-order chi connectivity index (χ0) is 18.4. The minimum absolute atomic E-state index is 0.173. The molecule has 0 aliphatic carbocycles. The maximum atomic E-state index is 14.2. The molecule has 0 unspecified atom stereocenters. The van der Waals surface area contributed by atoms with Crippen LogP contribution in [0, 0.1) is 21.0 Å². The fourth-order valence-electron chi connectivity index (χ4n) is 2.40. The van der Waals surface area contributed by atoms with Crippen molar-refractivity contribution < 1.29 is 26.7 Å². The fourth-order valence-corrected chi connectivity index (χ4v) is 2.86. The van der Waals surface area contributed by atoms with Crippen LogP contribution in [-0.4, -0.2) is 29.8 Å². The summed E-state index contributed by atoms with van der Waals surface area (Å²) in [6, 6.07) is 5.69. The average Bonchev–Trinajstić information content (AvgIpc) is 2.51. The van der Waals surface area contributed by atoms with Gasteiger partial charge in [-0.3, -0.25) is 4.79 Å². The van der Waals surface area contributed by atoms with E-state index in [1.807, 2.05) is 22.6 Å². The van der Waals surface area contributed by atoms with Crippen LogP contribution in [0.2, 0.25) is 0 Å². The van der Waals surface area contributed by atoms with Gasteiger partial charge < -0.3 is 10.2 Å². The van der Waals surface area contributed by atoms with Crippen LogP contribution < -0.4 is 5.32 Å². The van der Waals surface area contributed by atoms with Crippen LogP contribution in [0.3, 0.4) is 0 Å². The summed E-state index contributed by atoms with van der Waals surface area (Å²) in [7, 11) is 0. The minimum Gasteiger partial charge on any atom is -0.350 e. The van der Waals surface area contributed by atoms with Crippen molar-refractivity contribution in [2.75, 3.05) is 18.4 Å². The molecular formula is C16H10F5IN2O. The number of hydrogen-bond acceptors (Lipinski definition) is 2. The third kappa shape index (κ3) is 3.55. The zero-order valence-corrected chi connectivity index (χ0v) is 14.6. The third-order valence-corrected chi connectivity index (χ3v) is 4.32. The first kappa shape index (κ1) is 17.9. The highest BCUT2D eigenvalue weighted by Crippen LogP contribution is 2.33. The van der Waals surface area contributed by atoms with Crippen LogP contribution >= 0.6 is 22.6 Å². The molecule has 1 aliphatic rings. The molecule has 1 saturated heterocycles. The van der Waals surface area contributed by atoms with Crippen molar-refractivity contribution in [1.29, 1.82) is 0 Å². The van der Waals surface area contributed by atoms with E-state index in [0.717, 1.165) is 23.1 Å². The van der Waals surface area contributed by atoms with E-state index in [0.29, 0.717) is 3.57 Å². The molecule has 0 radical (unpaired) electrons. The number of likely N-dealkylation sites (tertiary alicyclic amines) is 1. The molecule has 3 nitrogen and oxygen atoms in total. The van der Waals surface area contributed by atoms with Crippen molar-refractivity contribution >= 4 is 39.9 Å². The summed E-state index contributed by atoms with van der Waals surface area (Å²) in [5.74, 6) is -7.26. The second-order valence-corrected chi connectivity index (χ2v) is 6.80.